The van der Waals surface area contributed by atoms with Crippen molar-refractivity contribution in [3.8, 4) is 0 Å². The largest absolute Gasteiger partial charge is 0.310 e. The van der Waals surface area contributed by atoms with Crippen molar-refractivity contribution in [1.82, 2.24) is 9.99 Å². The Hall–Kier alpha value is -2.67. The summed E-state index contributed by atoms with van der Waals surface area (Å²) in [5.41, 5.74) is 2.33. The van der Waals surface area contributed by atoms with Gasteiger partial charge in [0.25, 0.3) is 11.5 Å². The maximum Gasteiger partial charge on any atom is 0.276 e. The fourth-order valence-electron chi connectivity index (χ4n) is 2.52. The van der Waals surface area contributed by atoms with E-state index in [0.29, 0.717) is 10.0 Å². The molecule has 148 valence electrons. The van der Waals surface area contributed by atoms with E-state index in [4.69, 9.17) is 34.8 Å². The molecule has 0 aliphatic carbocycles. The summed E-state index contributed by atoms with van der Waals surface area (Å²) in [5, 5.41) is 4.61. The Morgan fingerprint density at radius 3 is 2.59 bits per heavy atom. The van der Waals surface area contributed by atoms with Gasteiger partial charge >= 0.3 is 0 Å². The van der Waals surface area contributed by atoms with Crippen LogP contribution in [-0.4, -0.2) is 16.7 Å². The zero-order chi connectivity index (χ0) is 21.0. The van der Waals surface area contributed by atoms with Crippen LogP contribution in [0, 0.1) is 5.82 Å². The van der Waals surface area contributed by atoms with Crippen molar-refractivity contribution in [2.75, 3.05) is 0 Å². The average molecular weight is 453 g/mol. The summed E-state index contributed by atoms with van der Waals surface area (Å²) in [7, 11) is 0. The van der Waals surface area contributed by atoms with Gasteiger partial charge in [-0.25, -0.2) is 9.82 Å². The van der Waals surface area contributed by atoms with E-state index in [1.807, 2.05) is 0 Å². The first-order chi connectivity index (χ1) is 13.9. The fraction of sp³-hybridized carbons (Fsp3) is 0.0500. The van der Waals surface area contributed by atoms with Gasteiger partial charge in [-0.15, -0.1) is 0 Å². The molecule has 3 aromatic rings. The lowest BCUT2D eigenvalue weighted by atomic mass is 10.2. The molecule has 9 heteroatoms. The van der Waals surface area contributed by atoms with E-state index < -0.39 is 17.3 Å². The fourth-order valence-corrected chi connectivity index (χ4v) is 3.05. The van der Waals surface area contributed by atoms with Gasteiger partial charge < -0.3 is 4.57 Å². The van der Waals surface area contributed by atoms with Gasteiger partial charge in [0.1, 0.15) is 11.4 Å². The normalized spacial score (nSPS) is 11.0. The zero-order valence-electron chi connectivity index (χ0n) is 14.7. The van der Waals surface area contributed by atoms with Gasteiger partial charge in [0.15, 0.2) is 0 Å². The molecule has 0 spiro atoms. The van der Waals surface area contributed by atoms with Gasteiger partial charge in [-0.05, 0) is 42.0 Å². The van der Waals surface area contributed by atoms with Crippen LogP contribution < -0.4 is 11.0 Å². The van der Waals surface area contributed by atoms with Gasteiger partial charge in [0.2, 0.25) is 0 Å². The minimum absolute atomic E-state index is 0.0274. The highest BCUT2D eigenvalue weighted by molar-refractivity contribution is 6.42. The second-order valence-corrected chi connectivity index (χ2v) is 7.16. The summed E-state index contributed by atoms with van der Waals surface area (Å²) >= 11 is 17.8. The summed E-state index contributed by atoms with van der Waals surface area (Å²) in [6, 6.07) is 12.1. The molecule has 0 aliphatic heterocycles. The molecule has 29 heavy (non-hydrogen) atoms. The van der Waals surface area contributed by atoms with E-state index >= 15 is 0 Å². The van der Waals surface area contributed by atoms with Crippen LogP contribution in [0.1, 0.15) is 21.5 Å². The standard InChI is InChI=1S/C20H13Cl3FN3O2/c21-15-4-1-5-18(24)14(15)10-25-26-19(28)13-3-2-8-27(20(13)29)11-12-6-7-16(22)17(23)9-12/h1-10H,11H2,(H,26,28)/b25-10-. The minimum Gasteiger partial charge on any atom is -0.310 e. The molecule has 0 fully saturated rings. The number of pyridine rings is 1. The number of halogens is 4. The highest BCUT2D eigenvalue weighted by atomic mass is 35.5. The lowest BCUT2D eigenvalue weighted by molar-refractivity contribution is 0.0953. The van der Waals surface area contributed by atoms with Crippen molar-refractivity contribution in [2.45, 2.75) is 6.54 Å². The van der Waals surface area contributed by atoms with Crippen LogP contribution in [0.5, 0.6) is 0 Å². The van der Waals surface area contributed by atoms with E-state index in [1.54, 1.807) is 30.5 Å². The van der Waals surface area contributed by atoms with E-state index in [1.165, 1.54) is 28.8 Å². The molecule has 0 atom stereocenters. The number of hydrazone groups is 1. The first-order valence-electron chi connectivity index (χ1n) is 8.27. The third-order valence-electron chi connectivity index (χ3n) is 3.96. The van der Waals surface area contributed by atoms with Gasteiger partial charge in [-0.2, -0.15) is 5.10 Å². The Balaban J connectivity index is 1.78. The number of hydrogen-bond acceptors (Lipinski definition) is 3. The van der Waals surface area contributed by atoms with Crippen LogP contribution in [0.2, 0.25) is 15.1 Å². The SMILES string of the molecule is O=C(N/N=C\c1c(F)cccc1Cl)c1cccn(Cc2ccc(Cl)c(Cl)c2)c1=O. The predicted octanol–water partition coefficient (Wildman–Crippen LogP) is 4.76. The molecule has 1 heterocycles. The minimum atomic E-state index is -0.734. The Labute approximate surface area is 180 Å². The number of carbonyl (C=O) groups excluding carboxylic acids is 1. The maximum absolute atomic E-state index is 13.7. The Kier molecular flexibility index (Phi) is 6.69. The maximum atomic E-state index is 13.7. The molecule has 1 N–H and O–H groups in total. The Bertz CT molecular complexity index is 1140. The van der Waals surface area contributed by atoms with Crippen molar-refractivity contribution >= 4 is 46.9 Å². The first-order valence-corrected chi connectivity index (χ1v) is 9.41. The van der Waals surface area contributed by atoms with Crippen LogP contribution in [0.25, 0.3) is 0 Å². The number of aromatic nitrogens is 1. The number of hydrogen-bond donors (Lipinski definition) is 1. The van der Waals surface area contributed by atoms with Crippen molar-refractivity contribution < 1.29 is 9.18 Å². The first kappa shape index (κ1) is 21.0. The smallest absolute Gasteiger partial charge is 0.276 e. The highest BCUT2D eigenvalue weighted by Gasteiger charge is 2.12. The van der Waals surface area contributed by atoms with E-state index in [9.17, 15) is 14.0 Å². The highest BCUT2D eigenvalue weighted by Crippen LogP contribution is 2.22. The molecule has 0 bridgehead atoms. The molecule has 1 aromatic heterocycles. The molecule has 0 saturated carbocycles. The van der Waals surface area contributed by atoms with Crippen molar-refractivity contribution in [3.05, 3.63) is 103 Å². The summed E-state index contributed by atoms with van der Waals surface area (Å²) in [6.45, 7) is 0.199. The monoisotopic (exact) mass is 451 g/mol. The molecule has 2 aromatic carbocycles. The summed E-state index contributed by atoms with van der Waals surface area (Å²) in [4.78, 5) is 24.9. The number of nitrogens with zero attached hydrogens (tertiary/aromatic N) is 2. The molecule has 0 aliphatic rings. The van der Waals surface area contributed by atoms with E-state index in [0.717, 1.165) is 11.8 Å². The number of carbonyl (C=O) groups is 1. The third kappa shape index (κ3) is 5.03. The molecule has 0 radical (unpaired) electrons. The predicted molar refractivity (Wildman–Crippen MR) is 113 cm³/mol. The Morgan fingerprint density at radius 2 is 1.86 bits per heavy atom. The molecule has 3 rings (SSSR count). The molecule has 0 saturated heterocycles. The molecular formula is C20H13Cl3FN3O2. The second kappa shape index (κ2) is 9.22. The molecule has 1 amide bonds. The topological polar surface area (TPSA) is 63.5 Å². The third-order valence-corrected chi connectivity index (χ3v) is 5.03. The van der Waals surface area contributed by atoms with Gasteiger partial charge in [-0.1, -0.05) is 46.9 Å². The van der Waals surface area contributed by atoms with Crippen LogP contribution >= 0.6 is 34.8 Å². The lowest BCUT2D eigenvalue weighted by Gasteiger charge is -2.08. The van der Waals surface area contributed by atoms with Gasteiger partial charge in [-0.3, -0.25) is 9.59 Å². The number of amides is 1. The average Bonchev–Trinajstić information content (AvgIpc) is 2.68. The van der Waals surface area contributed by atoms with E-state index in [2.05, 4.69) is 10.5 Å². The number of rotatable bonds is 5. The molecule has 5 nitrogen and oxygen atoms in total. The van der Waals surface area contributed by atoms with Crippen molar-refractivity contribution in [2.24, 2.45) is 5.10 Å². The van der Waals surface area contributed by atoms with Gasteiger partial charge in [0.05, 0.1) is 27.8 Å². The number of nitrogens with one attached hydrogen (secondary N) is 1. The summed E-state index contributed by atoms with van der Waals surface area (Å²) < 4.78 is 15.1. The zero-order valence-corrected chi connectivity index (χ0v) is 17.0. The summed E-state index contributed by atoms with van der Waals surface area (Å²) in [5.74, 6) is -1.32. The second-order valence-electron chi connectivity index (χ2n) is 5.94. The lowest BCUT2D eigenvalue weighted by Crippen LogP contribution is -2.30. The van der Waals surface area contributed by atoms with Crippen LogP contribution in [0.15, 0.2) is 64.6 Å². The number of benzene rings is 2. The summed E-state index contributed by atoms with van der Waals surface area (Å²) in [6.07, 6.45) is 2.62. The van der Waals surface area contributed by atoms with Gasteiger partial charge in [0, 0.05) is 11.8 Å². The molecular weight excluding hydrogens is 440 g/mol. The Morgan fingerprint density at radius 1 is 1.07 bits per heavy atom. The van der Waals surface area contributed by atoms with Crippen LogP contribution in [-0.2, 0) is 6.54 Å². The van der Waals surface area contributed by atoms with E-state index in [-0.39, 0.29) is 22.7 Å². The van der Waals surface area contributed by atoms with Crippen LogP contribution in [0.4, 0.5) is 4.39 Å². The van der Waals surface area contributed by atoms with Crippen molar-refractivity contribution in [1.29, 1.82) is 0 Å². The van der Waals surface area contributed by atoms with Crippen LogP contribution in [0.3, 0.4) is 0 Å². The quantitative estimate of drug-likeness (QED) is 0.448. The van der Waals surface area contributed by atoms with Crippen molar-refractivity contribution in [3.63, 3.8) is 0 Å². The molecule has 0 unspecified atom stereocenters.